The Morgan fingerprint density at radius 2 is 2.07 bits per heavy atom. The number of para-hydroxylation sites is 1. The van der Waals surface area contributed by atoms with E-state index in [1.165, 1.54) is 0 Å². The number of carboxylic acid groups (broad SMARTS) is 1. The largest absolute Gasteiger partial charge is 0.478 e. The van der Waals surface area contributed by atoms with Gasteiger partial charge in [0.1, 0.15) is 0 Å². The molecule has 0 unspecified atom stereocenters. The molecular weight excluding hydrogens is 216 g/mol. The summed E-state index contributed by atoms with van der Waals surface area (Å²) < 4.78 is 0. The Morgan fingerprint density at radius 3 is 2.73 bits per heavy atom. The first-order valence-corrected chi connectivity index (χ1v) is 5.03. The van der Waals surface area contributed by atoms with E-state index < -0.39 is 5.97 Å². The molecule has 0 radical (unpaired) electrons. The summed E-state index contributed by atoms with van der Waals surface area (Å²) in [5.41, 5.74) is 0.927. The van der Waals surface area contributed by atoms with Gasteiger partial charge in [-0.1, -0.05) is 12.1 Å². The third-order valence-corrected chi connectivity index (χ3v) is 2.11. The maximum Gasteiger partial charge on any atom is 0.337 e. The van der Waals surface area contributed by atoms with Gasteiger partial charge in [-0.3, -0.25) is 0 Å². The van der Waals surface area contributed by atoms with Gasteiger partial charge in [-0.15, -0.1) is 0 Å². The molecule has 15 heavy (non-hydrogen) atoms. The van der Waals surface area contributed by atoms with Crippen LogP contribution in [0.5, 0.6) is 0 Å². The number of benzene rings is 1. The van der Waals surface area contributed by atoms with Crippen LogP contribution in [-0.2, 0) is 0 Å². The van der Waals surface area contributed by atoms with E-state index in [9.17, 15) is 4.79 Å². The smallest absolute Gasteiger partial charge is 0.337 e. The second-order valence-corrected chi connectivity index (χ2v) is 3.28. The highest BCUT2D eigenvalue weighted by atomic mass is 35.5. The van der Waals surface area contributed by atoms with E-state index in [-0.39, 0.29) is 5.56 Å². The fraction of sp³-hybridized carbons (Fsp3) is 0.300. The highest BCUT2D eigenvalue weighted by Gasteiger charge is 2.07. The molecule has 0 heterocycles. The van der Waals surface area contributed by atoms with E-state index in [0.29, 0.717) is 18.8 Å². The summed E-state index contributed by atoms with van der Waals surface area (Å²) in [7, 11) is 0. The van der Waals surface area contributed by atoms with Gasteiger partial charge < -0.3 is 10.4 Å². The molecule has 0 amide bonds. The Bertz CT molecular complexity index is 331. The maximum absolute atomic E-state index is 10.8. The summed E-state index contributed by atoms with van der Waals surface area (Å²) in [6.07, 6.45) is 0.831. The Balaban J connectivity index is 2.56. The van der Waals surface area contributed by atoms with Crippen LogP contribution in [0.3, 0.4) is 0 Å². The number of rotatable bonds is 6. The maximum atomic E-state index is 10.8. The predicted octanol–water partition coefficient (Wildman–Crippen LogP) is 1.93. The number of halogens is 1. The number of carboxylic acids is 1. The highest BCUT2D eigenvalue weighted by molar-refractivity contribution is 6.13. The molecule has 1 rings (SSSR count). The van der Waals surface area contributed by atoms with Crippen molar-refractivity contribution in [2.75, 3.05) is 18.4 Å². The Labute approximate surface area is 93.4 Å². The average molecular weight is 229 g/mol. The second kappa shape index (κ2) is 6.27. The van der Waals surface area contributed by atoms with Crippen LogP contribution in [0.1, 0.15) is 16.8 Å². The van der Waals surface area contributed by atoms with Crippen molar-refractivity contribution < 1.29 is 9.90 Å². The lowest BCUT2D eigenvalue weighted by Gasteiger charge is -2.08. The van der Waals surface area contributed by atoms with Crippen LogP contribution in [0.15, 0.2) is 24.3 Å². The third kappa shape index (κ3) is 3.77. The van der Waals surface area contributed by atoms with E-state index in [4.69, 9.17) is 16.9 Å². The molecule has 0 saturated heterocycles. The standard InChI is InChI=1S/C10H13ClN2O2/c11-13-7-3-6-12-9-5-2-1-4-8(9)10(14)15/h1-2,4-5,12-13H,3,6-7H2,(H,14,15). The minimum Gasteiger partial charge on any atom is -0.478 e. The molecule has 0 aliphatic carbocycles. The lowest BCUT2D eigenvalue weighted by molar-refractivity contribution is 0.0698. The van der Waals surface area contributed by atoms with Crippen LogP contribution >= 0.6 is 11.8 Å². The van der Waals surface area contributed by atoms with Crippen LogP contribution in [0.25, 0.3) is 0 Å². The van der Waals surface area contributed by atoms with Crippen molar-refractivity contribution in [2.45, 2.75) is 6.42 Å². The topological polar surface area (TPSA) is 61.4 Å². The summed E-state index contributed by atoms with van der Waals surface area (Å²) in [6, 6.07) is 6.82. The van der Waals surface area contributed by atoms with Gasteiger partial charge in [0.2, 0.25) is 0 Å². The number of hydrogen-bond donors (Lipinski definition) is 3. The Morgan fingerprint density at radius 1 is 1.33 bits per heavy atom. The SMILES string of the molecule is O=C(O)c1ccccc1NCCCNCl. The van der Waals surface area contributed by atoms with Crippen molar-refractivity contribution in [3.05, 3.63) is 29.8 Å². The number of aromatic carboxylic acids is 1. The minimum absolute atomic E-state index is 0.288. The first-order chi connectivity index (χ1) is 7.25. The van der Waals surface area contributed by atoms with Gasteiger partial charge in [0, 0.05) is 18.8 Å². The van der Waals surface area contributed by atoms with Gasteiger partial charge in [0.05, 0.1) is 5.56 Å². The molecule has 5 heteroatoms. The molecule has 0 atom stereocenters. The zero-order chi connectivity index (χ0) is 11.1. The predicted molar refractivity (Wildman–Crippen MR) is 60.4 cm³/mol. The van der Waals surface area contributed by atoms with E-state index in [0.717, 1.165) is 6.42 Å². The van der Waals surface area contributed by atoms with Gasteiger partial charge in [0.15, 0.2) is 0 Å². The van der Waals surface area contributed by atoms with Crippen molar-refractivity contribution in [3.8, 4) is 0 Å². The van der Waals surface area contributed by atoms with Crippen molar-refractivity contribution in [1.82, 2.24) is 4.84 Å². The first kappa shape index (κ1) is 11.8. The number of nitrogens with one attached hydrogen (secondary N) is 2. The Kier molecular flexibility index (Phi) is 4.93. The van der Waals surface area contributed by atoms with Gasteiger partial charge in [-0.05, 0) is 30.3 Å². The summed E-state index contributed by atoms with van der Waals surface area (Å²) in [4.78, 5) is 13.3. The van der Waals surface area contributed by atoms with Crippen LogP contribution in [0, 0.1) is 0 Å². The van der Waals surface area contributed by atoms with Crippen LogP contribution < -0.4 is 10.2 Å². The van der Waals surface area contributed by atoms with Crippen molar-refractivity contribution in [3.63, 3.8) is 0 Å². The average Bonchev–Trinajstić information content (AvgIpc) is 2.25. The number of hydrogen-bond acceptors (Lipinski definition) is 3. The van der Waals surface area contributed by atoms with Crippen LogP contribution in [0.4, 0.5) is 5.69 Å². The zero-order valence-corrected chi connectivity index (χ0v) is 8.92. The summed E-state index contributed by atoms with van der Waals surface area (Å²) in [5, 5.41) is 11.9. The molecule has 0 bridgehead atoms. The molecule has 0 saturated carbocycles. The molecule has 0 fully saturated rings. The molecule has 1 aromatic carbocycles. The summed E-state index contributed by atoms with van der Waals surface area (Å²) in [6.45, 7) is 1.37. The lowest BCUT2D eigenvalue weighted by atomic mass is 10.2. The monoisotopic (exact) mass is 228 g/mol. The Hall–Kier alpha value is -1.26. The van der Waals surface area contributed by atoms with E-state index >= 15 is 0 Å². The van der Waals surface area contributed by atoms with Crippen molar-refractivity contribution in [2.24, 2.45) is 0 Å². The third-order valence-electron chi connectivity index (χ3n) is 1.92. The van der Waals surface area contributed by atoms with Gasteiger partial charge in [0.25, 0.3) is 0 Å². The number of anilines is 1. The molecule has 0 aliphatic heterocycles. The van der Waals surface area contributed by atoms with Crippen LogP contribution in [-0.4, -0.2) is 24.2 Å². The minimum atomic E-state index is -0.923. The lowest BCUT2D eigenvalue weighted by Crippen LogP contribution is -2.11. The van der Waals surface area contributed by atoms with Gasteiger partial charge >= 0.3 is 5.97 Å². The molecule has 1 aromatic rings. The fourth-order valence-electron chi connectivity index (χ4n) is 1.20. The highest BCUT2D eigenvalue weighted by Crippen LogP contribution is 2.14. The van der Waals surface area contributed by atoms with Crippen molar-refractivity contribution in [1.29, 1.82) is 0 Å². The molecule has 0 aliphatic rings. The molecule has 0 spiro atoms. The number of carbonyl (C=O) groups is 1. The van der Waals surface area contributed by atoms with E-state index in [1.807, 2.05) is 0 Å². The molecule has 4 nitrogen and oxygen atoms in total. The van der Waals surface area contributed by atoms with Crippen LogP contribution in [0.2, 0.25) is 0 Å². The van der Waals surface area contributed by atoms with E-state index in [2.05, 4.69) is 10.2 Å². The van der Waals surface area contributed by atoms with Gasteiger partial charge in [-0.2, -0.15) is 0 Å². The quantitative estimate of drug-likeness (QED) is 0.514. The van der Waals surface area contributed by atoms with Gasteiger partial charge in [-0.25, -0.2) is 9.63 Å². The first-order valence-electron chi connectivity index (χ1n) is 4.65. The van der Waals surface area contributed by atoms with E-state index in [1.54, 1.807) is 24.3 Å². The second-order valence-electron chi connectivity index (χ2n) is 3.01. The molecule has 0 aromatic heterocycles. The zero-order valence-electron chi connectivity index (χ0n) is 8.16. The molecule has 82 valence electrons. The molecular formula is C10H13ClN2O2. The fourth-order valence-corrected chi connectivity index (χ4v) is 1.34. The van der Waals surface area contributed by atoms with Crippen molar-refractivity contribution >= 4 is 23.4 Å². The summed E-state index contributed by atoms with van der Waals surface area (Å²) in [5.74, 6) is -0.923. The normalized spacial score (nSPS) is 9.93. The molecule has 3 N–H and O–H groups in total. The summed E-state index contributed by atoms with van der Waals surface area (Å²) >= 11 is 5.29.